The fraction of sp³-hybridized carbons (Fsp3) is 0.889. The van der Waals surface area contributed by atoms with Crippen molar-refractivity contribution in [3.63, 3.8) is 0 Å². The predicted molar refractivity (Wildman–Crippen MR) is 46.6 cm³/mol. The van der Waals surface area contributed by atoms with E-state index in [1.807, 2.05) is 0 Å². The van der Waals surface area contributed by atoms with Crippen molar-refractivity contribution in [3.8, 4) is 6.07 Å². The van der Waals surface area contributed by atoms with Gasteiger partial charge < -0.3 is 10.1 Å². The first kappa shape index (κ1) is 9.50. The summed E-state index contributed by atoms with van der Waals surface area (Å²) < 4.78 is 5.30. The smallest absolute Gasteiger partial charge is 0.0673 e. The summed E-state index contributed by atoms with van der Waals surface area (Å²) in [6.07, 6.45) is 2.04. The van der Waals surface area contributed by atoms with Crippen molar-refractivity contribution >= 4 is 0 Å². The van der Waals surface area contributed by atoms with E-state index in [1.54, 1.807) is 0 Å². The number of morpholine rings is 1. The zero-order chi connectivity index (χ0) is 8.81. The minimum Gasteiger partial charge on any atom is -0.378 e. The number of nitrogens with zero attached hydrogens (tertiary/aromatic N) is 1. The van der Waals surface area contributed by atoms with Crippen LogP contribution in [0.2, 0.25) is 0 Å². The SMILES string of the molecule is CCCC(C#N)C1COCCN1. The number of hydrogen-bond donors (Lipinski definition) is 1. The summed E-state index contributed by atoms with van der Waals surface area (Å²) in [5, 5.41) is 12.2. The summed E-state index contributed by atoms with van der Waals surface area (Å²) in [7, 11) is 0. The molecular formula is C9H16N2O. The molecular weight excluding hydrogens is 152 g/mol. The van der Waals surface area contributed by atoms with Gasteiger partial charge in [0.25, 0.3) is 0 Å². The molecule has 1 saturated heterocycles. The fourth-order valence-electron chi connectivity index (χ4n) is 1.51. The lowest BCUT2D eigenvalue weighted by atomic mass is 9.96. The summed E-state index contributed by atoms with van der Waals surface area (Å²) in [4.78, 5) is 0. The molecule has 0 bridgehead atoms. The molecule has 2 unspecified atom stereocenters. The van der Waals surface area contributed by atoms with Gasteiger partial charge in [0.05, 0.1) is 25.2 Å². The van der Waals surface area contributed by atoms with Crippen molar-refractivity contribution < 1.29 is 4.74 Å². The van der Waals surface area contributed by atoms with Gasteiger partial charge in [0.1, 0.15) is 0 Å². The maximum Gasteiger partial charge on any atom is 0.0673 e. The van der Waals surface area contributed by atoms with Crippen molar-refractivity contribution in [2.75, 3.05) is 19.8 Å². The molecule has 0 spiro atoms. The zero-order valence-electron chi connectivity index (χ0n) is 7.55. The second-order valence-corrected chi connectivity index (χ2v) is 3.16. The molecule has 0 radical (unpaired) electrons. The Morgan fingerprint density at radius 2 is 2.58 bits per heavy atom. The molecule has 0 aliphatic carbocycles. The van der Waals surface area contributed by atoms with E-state index >= 15 is 0 Å². The molecule has 0 aromatic heterocycles. The van der Waals surface area contributed by atoms with Crippen molar-refractivity contribution in [2.24, 2.45) is 5.92 Å². The van der Waals surface area contributed by atoms with E-state index in [9.17, 15) is 0 Å². The number of ether oxygens (including phenoxy) is 1. The highest BCUT2D eigenvalue weighted by Crippen LogP contribution is 2.12. The first-order chi connectivity index (χ1) is 5.88. The molecule has 12 heavy (non-hydrogen) atoms. The van der Waals surface area contributed by atoms with Crippen LogP contribution in [0.4, 0.5) is 0 Å². The van der Waals surface area contributed by atoms with Gasteiger partial charge in [0, 0.05) is 12.6 Å². The Balaban J connectivity index is 2.36. The van der Waals surface area contributed by atoms with Gasteiger partial charge in [-0.2, -0.15) is 5.26 Å². The van der Waals surface area contributed by atoms with Crippen LogP contribution in [0, 0.1) is 17.2 Å². The third-order valence-electron chi connectivity index (χ3n) is 2.20. The van der Waals surface area contributed by atoms with Gasteiger partial charge in [-0.15, -0.1) is 0 Å². The van der Waals surface area contributed by atoms with E-state index in [1.165, 1.54) is 0 Å². The maximum atomic E-state index is 8.86. The molecule has 1 fully saturated rings. The molecule has 0 amide bonds. The minimum absolute atomic E-state index is 0.121. The Morgan fingerprint density at radius 1 is 1.75 bits per heavy atom. The molecule has 2 atom stereocenters. The van der Waals surface area contributed by atoms with Crippen LogP contribution in [-0.2, 0) is 4.74 Å². The van der Waals surface area contributed by atoms with Crippen molar-refractivity contribution in [1.82, 2.24) is 5.32 Å². The van der Waals surface area contributed by atoms with Gasteiger partial charge >= 0.3 is 0 Å². The molecule has 1 heterocycles. The van der Waals surface area contributed by atoms with E-state index < -0.39 is 0 Å². The second-order valence-electron chi connectivity index (χ2n) is 3.16. The molecule has 3 nitrogen and oxygen atoms in total. The first-order valence-electron chi connectivity index (χ1n) is 4.59. The molecule has 1 aliphatic heterocycles. The third kappa shape index (κ3) is 2.47. The molecule has 1 rings (SSSR count). The van der Waals surface area contributed by atoms with E-state index in [0.29, 0.717) is 6.61 Å². The summed E-state index contributed by atoms with van der Waals surface area (Å²) >= 11 is 0. The minimum atomic E-state index is 0.121. The van der Waals surface area contributed by atoms with Crippen LogP contribution < -0.4 is 5.32 Å². The van der Waals surface area contributed by atoms with Gasteiger partial charge in [-0.05, 0) is 6.42 Å². The Bertz CT molecular complexity index is 158. The number of nitrogens with one attached hydrogen (secondary N) is 1. The number of rotatable bonds is 3. The monoisotopic (exact) mass is 168 g/mol. The Labute approximate surface area is 73.7 Å². The van der Waals surface area contributed by atoms with Crippen LogP contribution in [-0.4, -0.2) is 25.8 Å². The number of hydrogen-bond acceptors (Lipinski definition) is 3. The highest BCUT2D eigenvalue weighted by molar-refractivity contribution is 4.92. The van der Waals surface area contributed by atoms with Crippen molar-refractivity contribution in [1.29, 1.82) is 5.26 Å². The van der Waals surface area contributed by atoms with E-state index in [0.717, 1.165) is 26.0 Å². The van der Waals surface area contributed by atoms with E-state index in [-0.39, 0.29) is 12.0 Å². The molecule has 0 aromatic carbocycles. The molecule has 1 aliphatic rings. The van der Waals surface area contributed by atoms with Crippen LogP contribution in [0.5, 0.6) is 0 Å². The zero-order valence-corrected chi connectivity index (χ0v) is 7.55. The highest BCUT2D eigenvalue weighted by Gasteiger charge is 2.22. The van der Waals surface area contributed by atoms with E-state index in [2.05, 4.69) is 18.3 Å². The lowest BCUT2D eigenvalue weighted by molar-refractivity contribution is 0.0634. The predicted octanol–water partition coefficient (Wildman–Crippen LogP) is 0.915. The topological polar surface area (TPSA) is 45.0 Å². The summed E-state index contributed by atoms with van der Waals surface area (Å²) in [5.41, 5.74) is 0. The molecule has 1 N–H and O–H groups in total. The normalized spacial score (nSPS) is 26.2. The second kappa shape index (κ2) is 5.13. The summed E-state index contributed by atoms with van der Waals surface area (Å²) in [5.74, 6) is 0.121. The van der Waals surface area contributed by atoms with Gasteiger partial charge in [-0.25, -0.2) is 0 Å². The molecule has 68 valence electrons. The van der Waals surface area contributed by atoms with E-state index in [4.69, 9.17) is 10.00 Å². The van der Waals surface area contributed by atoms with Gasteiger partial charge in [-0.1, -0.05) is 13.3 Å². The van der Waals surface area contributed by atoms with Crippen molar-refractivity contribution in [2.45, 2.75) is 25.8 Å². The molecule has 0 saturated carbocycles. The average molecular weight is 168 g/mol. The standard InChI is InChI=1S/C9H16N2O/c1-2-3-8(6-10)9-7-12-5-4-11-9/h8-9,11H,2-5,7H2,1H3. The van der Waals surface area contributed by atoms with Crippen LogP contribution >= 0.6 is 0 Å². The van der Waals surface area contributed by atoms with Gasteiger partial charge in [-0.3, -0.25) is 0 Å². The Morgan fingerprint density at radius 3 is 3.08 bits per heavy atom. The van der Waals surface area contributed by atoms with Crippen LogP contribution in [0.1, 0.15) is 19.8 Å². The van der Waals surface area contributed by atoms with Crippen LogP contribution in [0.25, 0.3) is 0 Å². The van der Waals surface area contributed by atoms with Crippen LogP contribution in [0.15, 0.2) is 0 Å². The summed E-state index contributed by atoms with van der Waals surface area (Å²) in [6, 6.07) is 2.58. The van der Waals surface area contributed by atoms with Crippen molar-refractivity contribution in [3.05, 3.63) is 0 Å². The van der Waals surface area contributed by atoms with Gasteiger partial charge in [0.15, 0.2) is 0 Å². The fourth-order valence-corrected chi connectivity index (χ4v) is 1.51. The lowest BCUT2D eigenvalue weighted by Gasteiger charge is -2.27. The largest absolute Gasteiger partial charge is 0.378 e. The first-order valence-corrected chi connectivity index (χ1v) is 4.59. The third-order valence-corrected chi connectivity index (χ3v) is 2.20. The number of nitriles is 1. The maximum absolute atomic E-state index is 8.86. The highest BCUT2D eigenvalue weighted by atomic mass is 16.5. The average Bonchev–Trinajstić information content (AvgIpc) is 2.15. The molecule has 0 aromatic rings. The summed E-state index contributed by atoms with van der Waals surface area (Å²) in [6.45, 7) is 4.46. The Hall–Kier alpha value is -0.590. The quantitative estimate of drug-likeness (QED) is 0.681. The lowest BCUT2D eigenvalue weighted by Crippen LogP contribution is -2.45. The van der Waals surface area contributed by atoms with Gasteiger partial charge in [0.2, 0.25) is 0 Å². The Kier molecular flexibility index (Phi) is 4.06. The van der Waals surface area contributed by atoms with Crippen LogP contribution in [0.3, 0.4) is 0 Å². The molecule has 3 heteroatoms.